The zero-order valence-electron chi connectivity index (χ0n) is 6.49. The number of aryl methyl sites for hydroxylation is 1. The Kier molecular flexibility index (Phi) is 3.83. The van der Waals surface area contributed by atoms with Gasteiger partial charge in [-0.2, -0.15) is 0 Å². The van der Waals surface area contributed by atoms with Crippen LogP contribution < -0.4 is 0 Å². The first-order chi connectivity index (χ1) is 5.75. The molecule has 0 unspecified atom stereocenters. The van der Waals surface area contributed by atoms with Gasteiger partial charge in [0.25, 0.3) is 0 Å². The molecule has 0 aliphatic carbocycles. The van der Waals surface area contributed by atoms with E-state index >= 15 is 0 Å². The average molecular weight is 207 g/mol. The monoisotopic (exact) mass is 206 g/mol. The Hall–Kier alpha value is -0.270. The third-order valence-corrected chi connectivity index (χ3v) is 2.47. The second-order valence-electron chi connectivity index (χ2n) is 2.51. The summed E-state index contributed by atoms with van der Waals surface area (Å²) in [6.07, 6.45) is 1.15. The van der Waals surface area contributed by atoms with E-state index in [0.29, 0.717) is 22.9 Å². The van der Waals surface area contributed by atoms with Crippen LogP contribution in [0.25, 0.3) is 0 Å². The summed E-state index contributed by atoms with van der Waals surface area (Å²) < 4.78 is 11.8. The summed E-state index contributed by atoms with van der Waals surface area (Å²) in [6.45, 7) is -0.317. The van der Waals surface area contributed by atoms with Crippen molar-refractivity contribution in [2.75, 3.05) is 6.67 Å². The van der Waals surface area contributed by atoms with Crippen LogP contribution in [0.5, 0.6) is 0 Å². The number of rotatable bonds is 3. The maximum atomic E-state index is 11.8. The molecule has 0 N–H and O–H groups in total. The number of alkyl halides is 1. The molecule has 0 fully saturated rings. The molecule has 0 nitrogen and oxygen atoms in total. The number of hydrogen-bond donors (Lipinski definition) is 0. The van der Waals surface area contributed by atoms with Gasteiger partial charge in [0.1, 0.15) is 0 Å². The lowest BCUT2D eigenvalue weighted by molar-refractivity contribution is 0.473. The van der Waals surface area contributed by atoms with Gasteiger partial charge in [-0.25, -0.2) is 0 Å². The van der Waals surface area contributed by atoms with E-state index in [4.69, 9.17) is 23.2 Å². The van der Waals surface area contributed by atoms with E-state index < -0.39 is 0 Å². The first kappa shape index (κ1) is 9.82. The van der Waals surface area contributed by atoms with Crippen molar-refractivity contribution in [2.24, 2.45) is 0 Å². The minimum absolute atomic E-state index is 0.317. The molecule has 0 heterocycles. The predicted octanol–water partition coefficient (Wildman–Crippen LogP) is 3.90. The number of halogens is 3. The normalized spacial score (nSPS) is 10.2. The van der Waals surface area contributed by atoms with Crippen LogP contribution in [0.15, 0.2) is 18.2 Å². The second kappa shape index (κ2) is 4.68. The van der Waals surface area contributed by atoms with Gasteiger partial charge < -0.3 is 0 Å². The van der Waals surface area contributed by atoms with Gasteiger partial charge in [0, 0.05) is 0 Å². The van der Waals surface area contributed by atoms with Crippen LogP contribution in [-0.4, -0.2) is 6.67 Å². The molecule has 0 saturated heterocycles. The summed E-state index contributed by atoms with van der Waals surface area (Å²) in [5, 5.41) is 1.08. The molecule has 66 valence electrons. The zero-order valence-corrected chi connectivity index (χ0v) is 8.00. The highest BCUT2D eigenvalue weighted by Gasteiger charge is 2.02. The molecule has 0 amide bonds. The number of hydrogen-bond acceptors (Lipinski definition) is 0. The lowest BCUT2D eigenvalue weighted by Gasteiger charge is -2.03. The fraction of sp³-hybridized carbons (Fsp3) is 0.333. The lowest BCUT2D eigenvalue weighted by Crippen LogP contribution is -1.88. The molecular formula is C9H9Cl2F. The van der Waals surface area contributed by atoms with Crippen molar-refractivity contribution >= 4 is 23.2 Å². The Morgan fingerprint density at radius 1 is 1.25 bits per heavy atom. The Labute approximate surface area is 81.3 Å². The molecule has 1 aromatic rings. The van der Waals surface area contributed by atoms with E-state index in [1.807, 2.05) is 12.1 Å². The summed E-state index contributed by atoms with van der Waals surface area (Å²) in [5.74, 6) is 0. The smallest absolute Gasteiger partial charge is 0.0897 e. The summed E-state index contributed by atoms with van der Waals surface area (Å²) >= 11 is 11.6. The third kappa shape index (κ3) is 2.36. The molecule has 1 rings (SSSR count). The highest BCUT2D eigenvalue weighted by molar-refractivity contribution is 6.42. The Morgan fingerprint density at radius 3 is 2.67 bits per heavy atom. The van der Waals surface area contributed by atoms with Crippen LogP contribution in [0.4, 0.5) is 4.39 Å². The van der Waals surface area contributed by atoms with Gasteiger partial charge in [0.15, 0.2) is 0 Å². The van der Waals surface area contributed by atoms with Crippen molar-refractivity contribution in [3.8, 4) is 0 Å². The SMILES string of the molecule is FCCCc1cccc(Cl)c1Cl. The van der Waals surface area contributed by atoms with Crippen molar-refractivity contribution in [1.29, 1.82) is 0 Å². The van der Waals surface area contributed by atoms with Crippen molar-refractivity contribution in [3.05, 3.63) is 33.8 Å². The highest BCUT2D eigenvalue weighted by atomic mass is 35.5. The molecule has 0 radical (unpaired) electrons. The topological polar surface area (TPSA) is 0 Å². The molecule has 12 heavy (non-hydrogen) atoms. The molecular weight excluding hydrogens is 198 g/mol. The van der Waals surface area contributed by atoms with E-state index in [-0.39, 0.29) is 6.67 Å². The van der Waals surface area contributed by atoms with Gasteiger partial charge in [-0.1, -0.05) is 35.3 Å². The second-order valence-corrected chi connectivity index (χ2v) is 3.29. The van der Waals surface area contributed by atoms with Crippen LogP contribution >= 0.6 is 23.2 Å². The van der Waals surface area contributed by atoms with E-state index in [1.54, 1.807) is 6.07 Å². The fourth-order valence-electron chi connectivity index (χ4n) is 0.999. The van der Waals surface area contributed by atoms with Crippen molar-refractivity contribution in [1.82, 2.24) is 0 Å². The molecule has 0 aliphatic rings. The molecule has 1 aromatic carbocycles. The van der Waals surface area contributed by atoms with Gasteiger partial charge in [-0.15, -0.1) is 0 Å². The van der Waals surface area contributed by atoms with Crippen LogP contribution in [0.2, 0.25) is 10.0 Å². The summed E-state index contributed by atoms with van der Waals surface area (Å²) in [5.41, 5.74) is 0.918. The minimum atomic E-state index is -0.317. The van der Waals surface area contributed by atoms with Crippen molar-refractivity contribution < 1.29 is 4.39 Å². The molecule has 0 bridgehead atoms. The standard InChI is InChI=1S/C9H9Cl2F/c10-8-5-1-3-7(9(8)11)4-2-6-12/h1,3,5H,2,4,6H2. The molecule has 0 aliphatic heterocycles. The fourth-order valence-corrected chi connectivity index (χ4v) is 1.41. The third-order valence-electron chi connectivity index (χ3n) is 1.61. The molecule has 0 atom stereocenters. The zero-order chi connectivity index (χ0) is 8.97. The Bertz CT molecular complexity index is 261. The summed E-state index contributed by atoms with van der Waals surface area (Å²) in [6, 6.07) is 5.41. The van der Waals surface area contributed by atoms with Gasteiger partial charge in [-0.05, 0) is 24.5 Å². The van der Waals surface area contributed by atoms with Gasteiger partial charge in [0.2, 0.25) is 0 Å². The molecule has 0 saturated carbocycles. The van der Waals surface area contributed by atoms with E-state index in [2.05, 4.69) is 0 Å². The van der Waals surface area contributed by atoms with Gasteiger partial charge >= 0.3 is 0 Å². The maximum Gasteiger partial charge on any atom is 0.0897 e. The molecule has 3 heteroatoms. The molecule has 0 spiro atoms. The summed E-state index contributed by atoms with van der Waals surface area (Å²) in [7, 11) is 0. The Balaban J connectivity index is 2.78. The largest absolute Gasteiger partial charge is 0.251 e. The van der Waals surface area contributed by atoms with E-state index in [0.717, 1.165) is 5.56 Å². The van der Waals surface area contributed by atoms with Crippen LogP contribution in [0.3, 0.4) is 0 Å². The maximum absolute atomic E-state index is 11.8. The first-order valence-electron chi connectivity index (χ1n) is 3.74. The van der Waals surface area contributed by atoms with Crippen LogP contribution in [0.1, 0.15) is 12.0 Å². The van der Waals surface area contributed by atoms with Crippen LogP contribution in [0, 0.1) is 0 Å². The highest BCUT2D eigenvalue weighted by Crippen LogP contribution is 2.26. The van der Waals surface area contributed by atoms with E-state index in [1.165, 1.54) is 0 Å². The van der Waals surface area contributed by atoms with Crippen molar-refractivity contribution in [3.63, 3.8) is 0 Å². The van der Waals surface area contributed by atoms with Gasteiger partial charge in [0.05, 0.1) is 16.7 Å². The van der Waals surface area contributed by atoms with E-state index in [9.17, 15) is 4.39 Å². The van der Waals surface area contributed by atoms with Crippen molar-refractivity contribution in [2.45, 2.75) is 12.8 Å². The Morgan fingerprint density at radius 2 is 2.00 bits per heavy atom. The number of benzene rings is 1. The predicted molar refractivity (Wildman–Crippen MR) is 50.8 cm³/mol. The molecule has 0 aromatic heterocycles. The van der Waals surface area contributed by atoms with Crippen LogP contribution in [-0.2, 0) is 6.42 Å². The average Bonchev–Trinajstić information content (AvgIpc) is 2.08. The summed E-state index contributed by atoms with van der Waals surface area (Å²) in [4.78, 5) is 0. The quantitative estimate of drug-likeness (QED) is 0.705. The minimum Gasteiger partial charge on any atom is -0.251 e. The lowest BCUT2D eigenvalue weighted by atomic mass is 10.1. The van der Waals surface area contributed by atoms with Gasteiger partial charge in [-0.3, -0.25) is 4.39 Å². The first-order valence-corrected chi connectivity index (χ1v) is 4.50.